The molecule has 17 heavy (non-hydrogen) atoms. The Morgan fingerprint density at radius 2 is 2.41 bits per heavy atom. The van der Waals surface area contributed by atoms with Gasteiger partial charge >= 0.3 is 0 Å². The van der Waals surface area contributed by atoms with Gasteiger partial charge in [-0.15, -0.1) is 11.3 Å². The summed E-state index contributed by atoms with van der Waals surface area (Å²) in [6.07, 6.45) is 2.45. The van der Waals surface area contributed by atoms with E-state index in [-0.39, 0.29) is 0 Å². The molecule has 0 radical (unpaired) electrons. The molecule has 2 rings (SSSR count). The molecule has 0 spiro atoms. The average molecular weight is 252 g/mol. The normalized spacial score (nSPS) is 22.4. The van der Waals surface area contributed by atoms with Gasteiger partial charge in [-0.3, -0.25) is 4.90 Å². The lowest BCUT2D eigenvalue weighted by molar-refractivity contribution is 0.143. The first kappa shape index (κ1) is 13.1. The number of fused-ring (bicyclic) bond motifs is 1. The molecule has 2 unspecified atom stereocenters. The third-order valence-electron chi connectivity index (χ3n) is 3.76. The molecule has 2 heterocycles. The monoisotopic (exact) mass is 252 g/mol. The van der Waals surface area contributed by atoms with E-state index in [1.807, 2.05) is 11.3 Å². The van der Waals surface area contributed by atoms with Gasteiger partial charge in [-0.05, 0) is 50.2 Å². The molecule has 1 N–H and O–H groups in total. The van der Waals surface area contributed by atoms with E-state index < -0.39 is 0 Å². The molecule has 0 amide bonds. The fourth-order valence-electron chi connectivity index (χ4n) is 2.74. The molecule has 0 saturated carbocycles. The number of nitrogens with one attached hydrogen (secondary N) is 1. The highest BCUT2D eigenvalue weighted by atomic mass is 32.1. The van der Waals surface area contributed by atoms with Crippen LogP contribution in [0.5, 0.6) is 0 Å². The molecular weight excluding hydrogens is 228 g/mol. The Hall–Kier alpha value is -0.380. The van der Waals surface area contributed by atoms with Crippen LogP contribution in [0, 0.1) is 0 Å². The minimum Gasteiger partial charge on any atom is -0.315 e. The molecule has 2 nitrogen and oxygen atoms in total. The molecule has 3 heteroatoms. The molecular formula is C14H24N2S. The van der Waals surface area contributed by atoms with Gasteiger partial charge in [0.2, 0.25) is 0 Å². The second-order valence-electron chi connectivity index (χ2n) is 5.02. The van der Waals surface area contributed by atoms with Crippen LogP contribution in [0.25, 0.3) is 0 Å². The molecule has 96 valence electrons. The molecule has 0 fully saturated rings. The zero-order valence-corrected chi connectivity index (χ0v) is 12.0. The highest BCUT2D eigenvalue weighted by Crippen LogP contribution is 2.33. The molecule has 1 aliphatic heterocycles. The maximum atomic E-state index is 3.53. The van der Waals surface area contributed by atoms with Crippen LogP contribution in [-0.4, -0.2) is 30.6 Å². The third-order valence-corrected chi connectivity index (χ3v) is 4.75. The van der Waals surface area contributed by atoms with E-state index in [1.54, 1.807) is 10.4 Å². The fraction of sp³-hybridized carbons (Fsp3) is 0.714. The lowest BCUT2D eigenvalue weighted by Gasteiger charge is -2.38. The Labute approximate surface area is 109 Å². The van der Waals surface area contributed by atoms with Crippen molar-refractivity contribution in [2.24, 2.45) is 0 Å². The lowest BCUT2D eigenvalue weighted by atomic mass is 9.99. The van der Waals surface area contributed by atoms with Gasteiger partial charge in [-0.25, -0.2) is 0 Å². The van der Waals surface area contributed by atoms with Crippen LogP contribution in [0.15, 0.2) is 11.4 Å². The molecule has 2 atom stereocenters. The second kappa shape index (κ2) is 5.98. The fourth-order valence-corrected chi connectivity index (χ4v) is 3.70. The maximum Gasteiger partial charge on any atom is 0.0334 e. The first-order valence-electron chi connectivity index (χ1n) is 6.76. The summed E-state index contributed by atoms with van der Waals surface area (Å²) < 4.78 is 0. The lowest BCUT2D eigenvalue weighted by Crippen LogP contribution is -2.44. The summed E-state index contributed by atoms with van der Waals surface area (Å²) in [5.41, 5.74) is 1.56. The van der Waals surface area contributed by atoms with E-state index in [0.29, 0.717) is 12.1 Å². The van der Waals surface area contributed by atoms with Crippen LogP contribution in [0.1, 0.15) is 43.7 Å². The standard InChI is InChI=1S/C14H24N2S/c1-4-7-15-10-11(2)16-8-5-14-13(12(16)3)6-9-17-14/h6,9,11-12,15H,4-5,7-8,10H2,1-3H3. The molecule has 1 aromatic rings. The molecule has 0 bridgehead atoms. The van der Waals surface area contributed by atoms with E-state index >= 15 is 0 Å². The maximum absolute atomic E-state index is 3.53. The van der Waals surface area contributed by atoms with E-state index in [0.717, 1.165) is 13.1 Å². The van der Waals surface area contributed by atoms with Gasteiger partial charge in [0.15, 0.2) is 0 Å². The highest BCUT2D eigenvalue weighted by Gasteiger charge is 2.27. The van der Waals surface area contributed by atoms with Gasteiger partial charge < -0.3 is 5.32 Å². The molecule has 1 aromatic heterocycles. The number of thiophene rings is 1. The van der Waals surface area contributed by atoms with Crippen LogP contribution >= 0.6 is 11.3 Å². The largest absolute Gasteiger partial charge is 0.315 e. The second-order valence-corrected chi connectivity index (χ2v) is 6.02. The predicted octanol–water partition coefficient (Wildman–Crippen LogP) is 3.06. The van der Waals surface area contributed by atoms with E-state index in [1.165, 1.54) is 19.4 Å². The summed E-state index contributed by atoms with van der Waals surface area (Å²) in [6.45, 7) is 10.4. The Morgan fingerprint density at radius 1 is 1.59 bits per heavy atom. The minimum atomic E-state index is 0.587. The summed E-state index contributed by atoms with van der Waals surface area (Å²) in [5.74, 6) is 0. The minimum absolute atomic E-state index is 0.587. The average Bonchev–Trinajstić information content (AvgIpc) is 2.78. The van der Waals surface area contributed by atoms with Crippen molar-refractivity contribution >= 4 is 11.3 Å². The Kier molecular flexibility index (Phi) is 4.60. The van der Waals surface area contributed by atoms with Gasteiger partial charge in [0.25, 0.3) is 0 Å². The summed E-state index contributed by atoms with van der Waals surface area (Å²) in [4.78, 5) is 4.24. The number of hydrogen-bond donors (Lipinski definition) is 1. The summed E-state index contributed by atoms with van der Waals surface area (Å²) in [7, 11) is 0. The molecule has 0 aromatic carbocycles. The van der Waals surface area contributed by atoms with Gasteiger partial charge in [0.1, 0.15) is 0 Å². The quantitative estimate of drug-likeness (QED) is 0.810. The van der Waals surface area contributed by atoms with Crippen molar-refractivity contribution in [3.8, 4) is 0 Å². The number of rotatable bonds is 5. The van der Waals surface area contributed by atoms with Gasteiger partial charge in [0, 0.05) is 30.1 Å². The van der Waals surface area contributed by atoms with Crippen molar-refractivity contribution < 1.29 is 0 Å². The summed E-state index contributed by atoms with van der Waals surface area (Å²) in [6, 6.07) is 3.52. The van der Waals surface area contributed by atoms with E-state index in [2.05, 4.69) is 42.4 Å². The highest BCUT2D eigenvalue weighted by molar-refractivity contribution is 7.10. The van der Waals surface area contributed by atoms with Crippen molar-refractivity contribution in [2.75, 3.05) is 19.6 Å². The van der Waals surface area contributed by atoms with Gasteiger partial charge in [0.05, 0.1) is 0 Å². The summed E-state index contributed by atoms with van der Waals surface area (Å²) in [5, 5.41) is 5.77. The van der Waals surface area contributed by atoms with Crippen LogP contribution in [-0.2, 0) is 6.42 Å². The zero-order chi connectivity index (χ0) is 12.3. The van der Waals surface area contributed by atoms with Gasteiger partial charge in [-0.2, -0.15) is 0 Å². The SMILES string of the molecule is CCCNCC(C)N1CCc2sccc2C1C. The van der Waals surface area contributed by atoms with E-state index in [4.69, 9.17) is 0 Å². The number of hydrogen-bond acceptors (Lipinski definition) is 3. The molecule has 0 saturated heterocycles. The zero-order valence-electron chi connectivity index (χ0n) is 11.2. The van der Waals surface area contributed by atoms with Crippen molar-refractivity contribution in [2.45, 2.75) is 45.7 Å². The Morgan fingerprint density at radius 3 is 3.18 bits per heavy atom. The topological polar surface area (TPSA) is 15.3 Å². The Balaban J connectivity index is 1.94. The smallest absolute Gasteiger partial charge is 0.0334 e. The van der Waals surface area contributed by atoms with Crippen LogP contribution in [0.3, 0.4) is 0 Å². The van der Waals surface area contributed by atoms with Crippen molar-refractivity contribution in [3.05, 3.63) is 21.9 Å². The van der Waals surface area contributed by atoms with Crippen molar-refractivity contribution in [1.82, 2.24) is 10.2 Å². The van der Waals surface area contributed by atoms with Gasteiger partial charge in [-0.1, -0.05) is 6.92 Å². The first-order chi connectivity index (χ1) is 8.24. The van der Waals surface area contributed by atoms with Crippen molar-refractivity contribution in [1.29, 1.82) is 0 Å². The summed E-state index contributed by atoms with van der Waals surface area (Å²) >= 11 is 1.92. The molecule has 1 aliphatic rings. The van der Waals surface area contributed by atoms with Crippen LogP contribution in [0.4, 0.5) is 0 Å². The van der Waals surface area contributed by atoms with E-state index in [9.17, 15) is 0 Å². The number of nitrogens with zero attached hydrogens (tertiary/aromatic N) is 1. The Bertz CT molecular complexity index is 348. The van der Waals surface area contributed by atoms with Crippen LogP contribution in [0.2, 0.25) is 0 Å². The van der Waals surface area contributed by atoms with Crippen LogP contribution < -0.4 is 5.32 Å². The first-order valence-corrected chi connectivity index (χ1v) is 7.64. The predicted molar refractivity (Wildman–Crippen MR) is 75.8 cm³/mol. The molecule has 0 aliphatic carbocycles. The van der Waals surface area contributed by atoms with Crippen molar-refractivity contribution in [3.63, 3.8) is 0 Å². The third kappa shape index (κ3) is 2.90.